The average molecular weight is 402 g/mol. The van der Waals surface area contributed by atoms with E-state index in [0.29, 0.717) is 11.4 Å². The van der Waals surface area contributed by atoms with Gasteiger partial charge in [0.15, 0.2) is 6.10 Å². The van der Waals surface area contributed by atoms with Crippen LogP contribution in [0.15, 0.2) is 23.6 Å². The lowest BCUT2D eigenvalue weighted by atomic mass is 10.1. The molecule has 0 saturated heterocycles. The van der Waals surface area contributed by atoms with Crippen molar-refractivity contribution in [3.05, 3.63) is 28.6 Å². The van der Waals surface area contributed by atoms with Gasteiger partial charge < -0.3 is 10.1 Å². The Hall–Kier alpha value is -2.41. The molecule has 1 aliphatic heterocycles. The predicted octanol–water partition coefficient (Wildman–Crippen LogP) is 3.79. The Kier molecular flexibility index (Phi) is 6.34. The number of hydrogen-bond donors (Lipinski definition) is 1. The number of benzene rings is 1. The van der Waals surface area contributed by atoms with E-state index in [1.54, 1.807) is 18.3 Å². The minimum absolute atomic E-state index is 0.0223. The molecule has 2 aromatic rings. The molecule has 2 unspecified atom stereocenters. The van der Waals surface area contributed by atoms with E-state index in [0.717, 1.165) is 35.5 Å². The maximum absolute atomic E-state index is 12.7. The number of hydrogen-bond acceptors (Lipinski definition) is 5. The number of aryl methyl sites for hydroxylation is 1. The van der Waals surface area contributed by atoms with Crippen LogP contribution in [0.5, 0.6) is 5.75 Å². The fraction of sp³-hybridized carbons (Fsp3) is 0.476. The highest BCUT2D eigenvalue weighted by Crippen LogP contribution is 2.37. The molecule has 0 saturated carbocycles. The van der Waals surface area contributed by atoms with Gasteiger partial charge in [0.2, 0.25) is 5.91 Å². The summed E-state index contributed by atoms with van der Waals surface area (Å²) < 4.78 is 5.75. The molecule has 6 nitrogen and oxygen atoms in total. The van der Waals surface area contributed by atoms with Crippen molar-refractivity contribution in [1.29, 1.82) is 0 Å². The molecule has 0 aliphatic carbocycles. The first-order valence-corrected chi connectivity index (χ1v) is 10.7. The number of anilines is 1. The summed E-state index contributed by atoms with van der Waals surface area (Å²) in [5.74, 6) is 0.220. The lowest BCUT2D eigenvalue weighted by Gasteiger charge is -2.33. The second-order valence-electron chi connectivity index (χ2n) is 7.12. The van der Waals surface area contributed by atoms with Crippen LogP contribution in [0.1, 0.15) is 45.5 Å². The van der Waals surface area contributed by atoms with E-state index in [4.69, 9.17) is 4.74 Å². The maximum Gasteiger partial charge on any atom is 0.268 e. The van der Waals surface area contributed by atoms with Gasteiger partial charge in [0, 0.05) is 17.0 Å². The van der Waals surface area contributed by atoms with Crippen LogP contribution >= 0.6 is 11.3 Å². The van der Waals surface area contributed by atoms with Crippen molar-refractivity contribution in [2.75, 3.05) is 11.4 Å². The Morgan fingerprint density at radius 2 is 2.18 bits per heavy atom. The SMILES string of the molecule is CCCc1nc(-c2ccc3c(c2)N(CC(=O)NC(C)CC)C(=O)C(C)O3)cs1. The lowest BCUT2D eigenvalue weighted by molar-refractivity contribution is -0.128. The van der Waals surface area contributed by atoms with Crippen LogP contribution < -0.4 is 15.0 Å². The zero-order chi connectivity index (χ0) is 20.3. The molecule has 150 valence electrons. The van der Waals surface area contributed by atoms with Gasteiger partial charge in [0.1, 0.15) is 12.3 Å². The number of rotatable bonds is 7. The maximum atomic E-state index is 12.7. The van der Waals surface area contributed by atoms with Gasteiger partial charge in [-0.25, -0.2) is 4.98 Å². The molecule has 0 bridgehead atoms. The van der Waals surface area contributed by atoms with Gasteiger partial charge in [-0.05, 0) is 51.3 Å². The van der Waals surface area contributed by atoms with E-state index < -0.39 is 6.10 Å². The van der Waals surface area contributed by atoms with Crippen LogP contribution in [0.3, 0.4) is 0 Å². The fourth-order valence-electron chi connectivity index (χ4n) is 3.07. The zero-order valence-electron chi connectivity index (χ0n) is 16.8. The summed E-state index contributed by atoms with van der Waals surface area (Å²) in [6.07, 6.45) is 2.22. The number of carbonyl (C=O) groups is 2. The molecule has 3 rings (SSSR count). The quantitative estimate of drug-likeness (QED) is 0.766. The molecule has 1 aromatic heterocycles. The first-order valence-electron chi connectivity index (χ1n) is 9.79. The number of nitrogens with zero attached hydrogens (tertiary/aromatic N) is 2. The molecule has 2 heterocycles. The highest BCUT2D eigenvalue weighted by atomic mass is 32.1. The van der Waals surface area contributed by atoms with Crippen LogP contribution in [-0.2, 0) is 16.0 Å². The number of amides is 2. The summed E-state index contributed by atoms with van der Waals surface area (Å²) >= 11 is 1.64. The molecular formula is C21H27N3O3S. The second kappa shape index (κ2) is 8.73. The third-order valence-electron chi connectivity index (χ3n) is 4.80. The van der Waals surface area contributed by atoms with Crippen molar-refractivity contribution in [3.8, 4) is 17.0 Å². The van der Waals surface area contributed by atoms with Crippen molar-refractivity contribution in [2.24, 2.45) is 0 Å². The standard InChI is InChI=1S/C21H27N3O3S/c1-5-7-20-23-16(12-28-20)15-8-9-18-17(10-15)24(21(26)14(4)27-18)11-19(25)22-13(3)6-2/h8-10,12-14H,5-7,11H2,1-4H3,(H,22,25). The number of thiazole rings is 1. The zero-order valence-corrected chi connectivity index (χ0v) is 17.6. The number of aromatic nitrogens is 1. The normalized spacial score (nSPS) is 17.1. The number of nitrogens with one attached hydrogen (secondary N) is 1. The Balaban J connectivity index is 1.90. The number of carbonyl (C=O) groups excluding carboxylic acids is 2. The average Bonchev–Trinajstić information content (AvgIpc) is 3.14. The van der Waals surface area contributed by atoms with Crippen molar-refractivity contribution in [2.45, 2.75) is 59.1 Å². The first kappa shape index (κ1) is 20.3. The number of ether oxygens (including phenoxy) is 1. The summed E-state index contributed by atoms with van der Waals surface area (Å²) in [4.78, 5) is 31.3. The van der Waals surface area contributed by atoms with Gasteiger partial charge in [-0.3, -0.25) is 14.5 Å². The summed E-state index contributed by atoms with van der Waals surface area (Å²) in [6, 6.07) is 5.76. The van der Waals surface area contributed by atoms with Gasteiger partial charge in [-0.1, -0.05) is 13.8 Å². The number of fused-ring (bicyclic) bond motifs is 1. The van der Waals surface area contributed by atoms with E-state index in [9.17, 15) is 9.59 Å². The van der Waals surface area contributed by atoms with Crippen LogP contribution in [0, 0.1) is 0 Å². The Labute approximate surface area is 169 Å². The minimum atomic E-state index is -0.620. The van der Waals surface area contributed by atoms with Crippen LogP contribution in [0.25, 0.3) is 11.3 Å². The van der Waals surface area contributed by atoms with E-state index in [1.165, 1.54) is 4.90 Å². The Bertz CT molecular complexity index is 864. The van der Waals surface area contributed by atoms with Crippen LogP contribution in [0.4, 0.5) is 5.69 Å². The molecule has 0 fully saturated rings. The molecule has 7 heteroatoms. The predicted molar refractivity (Wildman–Crippen MR) is 112 cm³/mol. The summed E-state index contributed by atoms with van der Waals surface area (Å²) in [6.45, 7) is 7.77. The van der Waals surface area contributed by atoms with Crippen LogP contribution in [-0.4, -0.2) is 35.5 Å². The van der Waals surface area contributed by atoms with E-state index >= 15 is 0 Å². The van der Waals surface area contributed by atoms with E-state index in [1.807, 2.05) is 37.4 Å². The first-order chi connectivity index (χ1) is 13.4. The molecule has 1 aromatic carbocycles. The topological polar surface area (TPSA) is 71.5 Å². The summed E-state index contributed by atoms with van der Waals surface area (Å²) in [5.41, 5.74) is 2.41. The smallest absolute Gasteiger partial charge is 0.268 e. The molecule has 1 N–H and O–H groups in total. The van der Waals surface area contributed by atoms with Crippen LogP contribution in [0.2, 0.25) is 0 Å². The Morgan fingerprint density at radius 1 is 1.39 bits per heavy atom. The highest BCUT2D eigenvalue weighted by molar-refractivity contribution is 7.09. The third-order valence-corrected chi connectivity index (χ3v) is 5.71. The lowest BCUT2D eigenvalue weighted by Crippen LogP contribution is -2.49. The van der Waals surface area contributed by atoms with Gasteiger partial charge in [-0.2, -0.15) is 0 Å². The van der Waals surface area contributed by atoms with Crippen molar-refractivity contribution >= 4 is 28.8 Å². The van der Waals surface area contributed by atoms with E-state index in [2.05, 4.69) is 17.2 Å². The third kappa shape index (κ3) is 4.35. The summed E-state index contributed by atoms with van der Waals surface area (Å²) in [5, 5.41) is 6.05. The monoisotopic (exact) mass is 401 g/mol. The molecule has 2 atom stereocenters. The summed E-state index contributed by atoms with van der Waals surface area (Å²) in [7, 11) is 0. The van der Waals surface area contributed by atoms with Gasteiger partial charge in [0.25, 0.3) is 5.91 Å². The molecule has 28 heavy (non-hydrogen) atoms. The molecule has 0 radical (unpaired) electrons. The molecule has 2 amide bonds. The molecule has 0 spiro atoms. The van der Waals surface area contributed by atoms with Crippen molar-refractivity contribution in [3.63, 3.8) is 0 Å². The largest absolute Gasteiger partial charge is 0.479 e. The molecule has 1 aliphatic rings. The highest BCUT2D eigenvalue weighted by Gasteiger charge is 2.33. The minimum Gasteiger partial charge on any atom is -0.479 e. The fourth-order valence-corrected chi connectivity index (χ4v) is 3.98. The second-order valence-corrected chi connectivity index (χ2v) is 8.06. The van der Waals surface area contributed by atoms with Crippen molar-refractivity contribution in [1.82, 2.24) is 10.3 Å². The van der Waals surface area contributed by atoms with Crippen molar-refractivity contribution < 1.29 is 14.3 Å². The van der Waals surface area contributed by atoms with Gasteiger partial charge in [0.05, 0.1) is 16.4 Å². The Morgan fingerprint density at radius 3 is 2.89 bits per heavy atom. The molecular weight excluding hydrogens is 374 g/mol. The van der Waals surface area contributed by atoms with Gasteiger partial charge >= 0.3 is 0 Å². The van der Waals surface area contributed by atoms with Gasteiger partial charge in [-0.15, -0.1) is 11.3 Å². The van der Waals surface area contributed by atoms with E-state index in [-0.39, 0.29) is 24.4 Å².